The van der Waals surface area contributed by atoms with E-state index in [2.05, 4.69) is 0 Å². The second-order valence-electron chi connectivity index (χ2n) is 3.20. The highest BCUT2D eigenvalue weighted by molar-refractivity contribution is 5.67. The van der Waals surface area contributed by atoms with Crippen LogP contribution in [0.3, 0.4) is 0 Å². The molecule has 0 aliphatic carbocycles. The van der Waals surface area contributed by atoms with Gasteiger partial charge in [-0.3, -0.25) is 0 Å². The molecule has 3 nitrogen and oxygen atoms in total. The van der Waals surface area contributed by atoms with Gasteiger partial charge >= 0.3 is 5.97 Å². The lowest BCUT2D eigenvalue weighted by molar-refractivity contribution is -0.697. The first-order valence-electron chi connectivity index (χ1n) is 4.77. The summed E-state index contributed by atoms with van der Waals surface area (Å²) in [6.07, 6.45) is 0. The third-order valence-corrected chi connectivity index (χ3v) is 2.12. The summed E-state index contributed by atoms with van der Waals surface area (Å²) >= 11 is 0. The number of carbonyl (C=O) groups excluding carboxylic acids is 1. The molecule has 0 aliphatic heterocycles. The molecule has 0 atom stereocenters. The maximum absolute atomic E-state index is 11.3. The van der Waals surface area contributed by atoms with Gasteiger partial charge in [0.2, 0.25) is 6.54 Å². The predicted octanol–water partition coefficient (Wildman–Crippen LogP) is 1.15. The number of rotatable bonds is 3. The molecule has 0 radical (unpaired) electrons. The molecule has 0 N–H and O–H groups in total. The van der Waals surface area contributed by atoms with Crippen molar-refractivity contribution in [1.82, 2.24) is 0 Å². The van der Waals surface area contributed by atoms with E-state index in [0.717, 1.165) is 11.4 Å². The van der Waals surface area contributed by atoms with Crippen LogP contribution < -0.4 is 4.57 Å². The first-order valence-corrected chi connectivity index (χ1v) is 4.77. The Labute approximate surface area is 84.3 Å². The lowest BCUT2D eigenvalue weighted by atomic mass is 10.3. The summed E-state index contributed by atoms with van der Waals surface area (Å²) in [5.41, 5.74) is 2.14. The summed E-state index contributed by atoms with van der Waals surface area (Å²) in [6.45, 7) is 6.50. The van der Waals surface area contributed by atoms with Crippen LogP contribution in [0.25, 0.3) is 0 Å². The van der Waals surface area contributed by atoms with E-state index in [-0.39, 0.29) is 5.97 Å². The van der Waals surface area contributed by atoms with Gasteiger partial charge < -0.3 is 4.74 Å². The van der Waals surface area contributed by atoms with E-state index in [4.69, 9.17) is 4.74 Å². The van der Waals surface area contributed by atoms with Crippen LogP contribution in [0.2, 0.25) is 0 Å². The molecule has 3 heteroatoms. The van der Waals surface area contributed by atoms with Gasteiger partial charge in [-0.1, -0.05) is 0 Å². The molecular formula is C11H16NO2+. The number of aryl methyl sites for hydroxylation is 2. The third kappa shape index (κ3) is 2.55. The van der Waals surface area contributed by atoms with Crippen molar-refractivity contribution in [1.29, 1.82) is 0 Å². The fourth-order valence-corrected chi connectivity index (χ4v) is 1.37. The van der Waals surface area contributed by atoms with E-state index in [9.17, 15) is 4.79 Å². The summed E-state index contributed by atoms with van der Waals surface area (Å²) in [4.78, 5) is 11.3. The molecule has 1 rings (SSSR count). The van der Waals surface area contributed by atoms with Crippen molar-refractivity contribution in [2.75, 3.05) is 6.61 Å². The Balaban J connectivity index is 2.80. The van der Waals surface area contributed by atoms with Crippen LogP contribution in [0.4, 0.5) is 0 Å². The second kappa shape index (κ2) is 4.74. The van der Waals surface area contributed by atoms with Crippen LogP contribution in [-0.4, -0.2) is 12.6 Å². The minimum Gasteiger partial charge on any atom is -0.461 e. The number of hydrogen-bond acceptors (Lipinski definition) is 2. The van der Waals surface area contributed by atoms with E-state index in [1.165, 1.54) is 0 Å². The van der Waals surface area contributed by atoms with E-state index in [0.29, 0.717) is 13.2 Å². The summed E-state index contributed by atoms with van der Waals surface area (Å²) in [7, 11) is 0. The lowest BCUT2D eigenvalue weighted by Gasteiger charge is -2.03. The fraction of sp³-hybridized carbons (Fsp3) is 0.455. The zero-order valence-corrected chi connectivity index (χ0v) is 8.91. The molecule has 0 bridgehead atoms. The average molecular weight is 194 g/mol. The normalized spacial score (nSPS) is 9.93. The van der Waals surface area contributed by atoms with Gasteiger partial charge in [-0.25, -0.2) is 4.79 Å². The first-order chi connectivity index (χ1) is 6.65. The molecule has 0 saturated heterocycles. The van der Waals surface area contributed by atoms with Crippen molar-refractivity contribution >= 4 is 5.97 Å². The van der Waals surface area contributed by atoms with Gasteiger partial charge in [0.15, 0.2) is 11.4 Å². The van der Waals surface area contributed by atoms with Crippen LogP contribution in [0.1, 0.15) is 18.3 Å². The van der Waals surface area contributed by atoms with E-state index >= 15 is 0 Å². The number of esters is 1. The van der Waals surface area contributed by atoms with Gasteiger partial charge in [-0.05, 0) is 13.0 Å². The van der Waals surface area contributed by atoms with Gasteiger partial charge in [0.05, 0.1) is 6.61 Å². The van der Waals surface area contributed by atoms with Crippen molar-refractivity contribution in [2.24, 2.45) is 0 Å². The molecule has 14 heavy (non-hydrogen) atoms. The van der Waals surface area contributed by atoms with Gasteiger partial charge in [0.25, 0.3) is 0 Å². The SMILES string of the molecule is CCOC(=O)C[n+]1c(C)cccc1C. The molecular weight excluding hydrogens is 178 g/mol. The Bertz CT molecular complexity index is 314. The Kier molecular flexibility index (Phi) is 3.63. The summed E-state index contributed by atoms with van der Waals surface area (Å²) in [5.74, 6) is -0.185. The molecule has 0 aliphatic rings. The number of carbonyl (C=O) groups is 1. The Morgan fingerprint density at radius 2 is 1.93 bits per heavy atom. The summed E-state index contributed by atoms with van der Waals surface area (Å²) in [6, 6.07) is 5.94. The third-order valence-electron chi connectivity index (χ3n) is 2.12. The maximum Gasteiger partial charge on any atom is 0.372 e. The van der Waals surface area contributed by atoms with Crippen molar-refractivity contribution in [3.8, 4) is 0 Å². The minimum absolute atomic E-state index is 0.185. The van der Waals surface area contributed by atoms with Crippen molar-refractivity contribution < 1.29 is 14.1 Å². The molecule has 0 fully saturated rings. The smallest absolute Gasteiger partial charge is 0.372 e. The van der Waals surface area contributed by atoms with Crippen LogP contribution in [-0.2, 0) is 16.1 Å². The van der Waals surface area contributed by atoms with Crippen molar-refractivity contribution in [3.05, 3.63) is 29.6 Å². The highest BCUT2D eigenvalue weighted by Gasteiger charge is 2.15. The highest BCUT2D eigenvalue weighted by atomic mass is 16.5. The minimum atomic E-state index is -0.185. The van der Waals surface area contributed by atoms with Crippen LogP contribution in [0.15, 0.2) is 18.2 Å². The standard InChI is InChI=1S/C11H16NO2/c1-4-14-11(13)8-12-9(2)6-5-7-10(12)3/h5-7H,4,8H2,1-3H3/q+1. The molecule has 76 valence electrons. The Morgan fingerprint density at radius 3 is 2.43 bits per heavy atom. The fourth-order valence-electron chi connectivity index (χ4n) is 1.37. The molecule has 1 aromatic rings. The Morgan fingerprint density at radius 1 is 1.36 bits per heavy atom. The largest absolute Gasteiger partial charge is 0.461 e. The summed E-state index contributed by atoms with van der Waals surface area (Å²) in [5, 5.41) is 0. The molecule has 0 saturated carbocycles. The van der Waals surface area contributed by atoms with Crippen LogP contribution in [0, 0.1) is 13.8 Å². The zero-order valence-electron chi connectivity index (χ0n) is 8.91. The van der Waals surface area contributed by atoms with Crippen molar-refractivity contribution in [2.45, 2.75) is 27.3 Å². The maximum atomic E-state index is 11.3. The van der Waals surface area contributed by atoms with Gasteiger partial charge in [0, 0.05) is 26.0 Å². The molecule has 1 heterocycles. The molecule has 0 aromatic carbocycles. The number of aromatic nitrogens is 1. The van der Waals surface area contributed by atoms with Crippen molar-refractivity contribution in [3.63, 3.8) is 0 Å². The average Bonchev–Trinajstić information content (AvgIpc) is 2.12. The van der Waals surface area contributed by atoms with E-state index < -0.39 is 0 Å². The van der Waals surface area contributed by atoms with Gasteiger partial charge in [0.1, 0.15) is 0 Å². The predicted molar refractivity (Wildman–Crippen MR) is 52.7 cm³/mol. The molecule has 0 amide bonds. The van der Waals surface area contributed by atoms with Gasteiger partial charge in [-0.15, -0.1) is 0 Å². The van der Waals surface area contributed by atoms with E-state index in [1.807, 2.05) is 43.5 Å². The quantitative estimate of drug-likeness (QED) is 0.534. The number of ether oxygens (including phenoxy) is 1. The zero-order chi connectivity index (χ0) is 10.6. The number of hydrogen-bond donors (Lipinski definition) is 0. The monoisotopic (exact) mass is 194 g/mol. The van der Waals surface area contributed by atoms with E-state index in [1.54, 1.807) is 0 Å². The molecule has 1 aromatic heterocycles. The first kappa shape index (κ1) is 10.7. The van der Waals surface area contributed by atoms with Crippen LogP contribution in [0.5, 0.6) is 0 Å². The van der Waals surface area contributed by atoms with Crippen LogP contribution >= 0.6 is 0 Å². The lowest BCUT2D eigenvalue weighted by Crippen LogP contribution is -2.44. The number of pyridine rings is 1. The Hall–Kier alpha value is -1.38. The highest BCUT2D eigenvalue weighted by Crippen LogP contribution is 1.94. The topological polar surface area (TPSA) is 30.2 Å². The molecule has 0 spiro atoms. The second-order valence-corrected chi connectivity index (χ2v) is 3.20. The molecule has 0 unspecified atom stereocenters. The summed E-state index contributed by atoms with van der Waals surface area (Å²) < 4.78 is 6.84. The number of nitrogens with zero attached hydrogens (tertiary/aromatic N) is 1. The van der Waals surface area contributed by atoms with Gasteiger partial charge in [-0.2, -0.15) is 4.57 Å².